The van der Waals surface area contributed by atoms with Crippen LogP contribution in [0.1, 0.15) is 37.8 Å². The fraction of sp³-hybridized carbons (Fsp3) is 0.625. The van der Waals surface area contributed by atoms with E-state index in [9.17, 15) is 5.11 Å². The molecule has 4 nitrogen and oxygen atoms in total. The standard InChI is InChI=1S/C16H28N2O2/c1-4-15(5-2)18(8-9-19)12-13-6-7-16(20-3)14(10-13)11-17/h6-7,10,15,19H,4-5,8-9,11-12,17H2,1-3H3. The zero-order valence-corrected chi connectivity index (χ0v) is 12.9. The minimum atomic E-state index is 0.191. The monoisotopic (exact) mass is 280 g/mol. The van der Waals surface area contributed by atoms with Gasteiger partial charge >= 0.3 is 0 Å². The molecule has 4 heteroatoms. The maximum atomic E-state index is 9.26. The molecule has 0 aliphatic rings. The molecule has 1 rings (SSSR count). The van der Waals surface area contributed by atoms with Crippen LogP contribution in [-0.2, 0) is 13.1 Å². The largest absolute Gasteiger partial charge is 0.496 e. The van der Waals surface area contributed by atoms with E-state index in [1.54, 1.807) is 7.11 Å². The van der Waals surface area contributed by atoms with Crippen molar-refractivity contribution in [3.8, 4) is 5.75 Å². The van der Waals surface area contributed by atoms with E-state index in [0.717, 1.165) is 30.7 Å². The van der Waals surface area contributed by atoms with Gasteiger partial charge in [-0.05, 0) is 30.5 Å². The maximum absolute atomic E-state index is 9.26. The van der Waals surface area contributed by atoms with Crippen molar-refractivity contribution in [3.63, 3.8) is 0 Å². The Morgan fingerprint density at radius 2 is 2.00 bits per heavy atom. The molecule has 0 fully saturated rings. The molecule has 0 spiro atoms. The predicted molar refractivity (Wildman–Crippen MR) is 82.8 cm³/mol. The number of nitrogens with two attached hydrogens (primary N) is 1. The molecule has 0 atom stereocenters. The Kier molecular flexibility index (Phi) is 7.59. The molecule has 3 N–H and O–H groups in total. The molecular formula is C16H28N2O2. The van der Waals surface area contributed by atoms with Crippen LogP contribution in [0, 0.1) is 0 Å². The highest BCUT2D eigenvalue weighted by Crippen LogP contribution is 2.21. The summed E-state index contributed by atoms with van der Waals surface area (Å²) < 4.78 is 5.30. The summed E-state index contributed by atoms with van der Waals surface area (Å²) in [5.74, 6) is 0.840. The van der Waals surface area contributed by atoms with Crippen LogP contribution in [-0.4, -0.2) is 36.3 Å². The van der Waals surface area contributed by atoms with Gasteiger partial charge in [0.1, 0.15) is 5.75 Å². The highest BCUT2D eigenvalue weighted by Gasteiger charge is 2.15. The zero-order valence-electron chi connectivity index (χ0n) is 12.9. The molecule has 1 aromatic rings. The topological polar surface area (TPSA) is 58.7 Å². The second kappa shape index (κ2) is 8.95. The Labute approximate surface area is 122 Å². The fourth-order valence-corrected chi connectivity index (χ4v) is 2.65. The third-order valence-electron chi connectivity index (χ3n) is 3.80. The quantitative estimate of drug-likeness (QED) is 0.727. The zero-order chi connectivity index (χ0) is 15.0. The van der Waals surface area contributed by atoms with Gasteiger partial charge in [0.25, 0.3) is 0 Å². The van der Waals surface area contributed by atoms with E-state index in [2.05, 4.69) is 30.9 Å². The fourth-order valence-electron chi connectivity index (χ4n) is 2.65. The second-order valence-electron chi connectivity index (χ2n) is 5.01. The lowest BCUT2D eigenvalue weighted by Gasteiger charge is -2.30. The molecule has 0 saturated heterocycles. The molecule has 0 radical (unpaired) electrons. The minimum absolute atomic E-state index is 0.191. The van der Waals surface area contributed by atoms with Crippen molar-refractivity contribution in [2.24, 2.45) is 5.73 Å². The van der Waals surface area contributed by atoms with Gasteiger partial charge in [0.2, 0.25) is 0 Å². The van der Waals surface area contributed by atoms with Crippen LogP contribution in [0.15, 0.2) is 18.2 Å². The van der Waals surface area contributed by atoms with E-state index in [1.807, 2.05) is 6.07 Å². The highest BCUT2D eigenvalue weighted by molar-refractivity contribution is 5.37. The molecule has 0 heterocycles. The van der Waals surface area contributed by atoms with E-state index >= 15 is 0 Å². The van der Waals surface area contributed by atoms with Crippen molar-refractivity contribution in [1.29, 1.82) is 0 Å². The average Bonchev–Trinajstić information content (AvgIpc) is 2.48. The number of ether oxygens (including phenoxy) is 1. The van der Waals surface area contributed by atoms with Crippen molar-refractivity contribution in [2.45, 2.75) is 45.8 Å². The van der Waals surface area contributed by atoms with E-state index in [0.29, 0.717) is 19.1 Å². The third kappa shape index (κ3) is 4.47. The number of hydrogen-bond donors (Lipinski definition) is 2. The van der Waals surface area contributed by atoms with Crippen molar-refractivity contribution >= 4 is 0 Å². The number of aliphatic hydroxyl groups is 1. The normalized spacial score (nSPS) is 11.3. The molecule has 0 aromatic heterocycles. The molecule has 0 saturated carbocycles. The minimum Gasteiger partial charge on any atom is -0.496 e. The SMILES string of the molecule is CCC(CC)N(CCO)Cc1ccc(OC)c(CN)c1. The molecule has 1 aromatic carbocycles. The molecule has 0 unspecified atom stereocenters. The third-order valence-corrected chi connectivity index (χ3v) is 3.80. The number of benzene rings is 1. The van der Waals surface area contributed by atoms with Crippen LogP contribution in [0.3, 0.4) is 0 Å². The van der Waals surface area contributed by atoms with Crippen molar-refractivity contribution in [2.75, 3.05) is 20.3 Å². The van der Waals surface area contributed by atoms with Gasteiger partial charge in [0.15, 0.2) is 0 Å². The first-order valence-corrected chi connectivity index (χ1v) is 7.40. The van der Waals surface area contributed by atoms with Gasteiger partial charge in [0, 0.05) is 31.2 Å². The van der Waals surface area contributed by atoms with Gasteiger partial charge in [-0.1, -0.05) is 19.9 Å². The second-order valence-corrected chi connectivity index (χ2v) is 5.01. The smallest absolute Gasteiger partial charge is 0.123 e. The van der Waals surface area contributed by atoms with Crippen LogP contribution >= 0.6 is 0 Å². The first kappa shape index (κ1) is 17.0. The van der Waals surface area contributed by atoms with Crippen molar-refractivity contribution < 1.29 is 9.84 Å². The van der Waals surface area contributed by atoms with Crippen molar-refractivity contribution in [1.82, 2.24) is 4.90 Å². The number of nitrogens with zero attached hydrogens (tertiary/aromatic N) is 1. The van der Waals surface area contributed by atoms with Crippen LogP contribution in [0.2, 0.25) is 0 Å². The summed E-state index contributed by atoms with van der Waals surface area (Å²) in [6.07, 6.45) is 2.19. The molecule has 0 bridgehead atoms. The lowest BCUT2D eigenvalue weighted by atomic mass is 10.1. The van der Waals surface area contributed by atoms with Gasteiger partial charge < -0.3 is 15.6 Å². The molecule has 0 aliphatic heterocycles. The molecule has 114 valence electrons. The lowest BCUT2D eigenvalue weighted by molar-refractivity contribution is 0.136. The van der Waals surface area contributed by atoms with Gasteiger partial charge in [0.05, 0.1) is 13.7 Å². The Hall–Kier alpha value is -1.10. The van der Waals surface area contributed by atoms with Crippen LogP contribution in [0.25, 0.3) is 0 Å². The number of rotatable bonds is 9. The molecule has 0 amide bonds. The Morgan fingerprint density at radius 3 is 2.50 bits per heavy atom. The lowest BCUT2D eigenvalue weighted by Crippen LogP contribution is -2.36. The van der Waals surface area contributed by atoms with Crippen molar-refractivity contribution in [3.05, 3.63) is 29.3 Å². The Balaban J connectivity index is 2.87. The molecule has 20 heavy (non-hydrogen) atoms. The van der Waals surface area contributed by atoms with Crippen LogP contribution < -0.4 is 10.5 Å². The molecular weight excluding hydrogens is 252 g/mol. The van der Waals surface area contributed by atoms with Gasteiger partial charge in [-0.25, -0.2) is 0 Å². The highest BCUT2D eigenvalue weighted by atomic mass is 16.5. The number of hydrogen-bond acceptors (Lipinski definition) is 4. The summed E-state index contributed by atoms with van der Waals surface area (Å²) in [6, 6.07) is 6.66. The summed E-state index contributed by atoms with van der Waals surface area (Å²) in [5, 5.41) is 9.26. The van der Waals surface area contributed by atoms with Gasteiger partial charge in [-0.15, -0.1) is 0 Å². The average molecular weight is 280 g/mol. The number of methoxy groups -OCH3 is 1. The van der Waals surface area contributed by atoms with Gasteiger partial charge in [-0.2, -0.15) is 0 Å². The summed E-state index contributed by atoms with van der Waals surface area (Å²) in [7, 11) is 1.66. The van der Waals surface area contributed by atoms with E-state index in [4.69, 9.17) is 10.5 Å². The van der Waals surface area contributed by atoms with E-state index < -0.39 is 0 Å². The molecule has 0 aliphatic carbocycles. The Morgan fingerprint density at radius 1 is 1.30 bits per heavy atom. The maximum Gasteiger partial charge on any atom is 0.123 e. The van der Waals surface area contributed by atoms with E-state index in [1.165, 1.54) is 5.56 Å². The summed E-state index contributed by atoms with van der Waals surface area (Å²) in [5.41, 5.74) is 8.00. The Bertz CT molecular complexity index is 392. The van der Waals surface area contributed by atoms with Crippen LogP contribution in [0.5, 0.6) is 5.75 Å². The summed E-state index contributed by atoms with van der Waals surface area (Å²) in [6.45, 7) is 6.59. The first-order valence-electron chi connectivity index (χ1n) is 7.40. The van der Waals surface area contributed by atoms with Crippen LogP contribution in [0.4, 0.5) is 0 Å². The summed E-state index contributed by atoms with van der Waals surface area (Å²) in [4.78, 5) is 2.34. The van der Waals surface area contributed by atoms with E-state index in [-0.39, 0.29) is 6.61 Å². The van der Waals surface area contributed by atoms with Gasteiger partial charge in [-0.3, -0.25) is 4.90 Å². The summed E-state index contributed by atoms with van der Waals surface area (Å²) >= 11 is 0. The first-order chi connectivity index (χ1) is 9.69. The predicted octanol–water partition coefficient (Wildman–Crippen LogP) is 2.14. The number of aliphatic hydroxyl groups excluding tert-OH is 1.